The summed E-state index contributed by atoms with van der Waals surface area (Å²) in [6, 6.07) is 8.21. The molecule has 4 rings (SSSR count). The van der Waals surface area contributed by atoms with E-state index in [1.54, 1.807) is 12.4 Å². The Bertz CT molecular complexity index is 1110. The van der Waals surface area contributed by atoms with E-state index < -0.39 is 5.41 Å². The van der Waals surface area contributed by atoms with Gasteiger partial charge in [0.1, 0.15) is 11.3 Å². The minimum Gasteiger partial charge on any atom is -0.344 e. The van der Waals surface area contributed by atoms with Crippen molar-refractivity contribution in [2.45, 2.75) is 20.8 Å². The van der Waals surface area contributed by atoms with Gasteiger partial charge in [0, 0.05) is 47.7 Å². The number of rotatable bonds is 6. The Balaban J connectivity index is 1.49. The van der Waals surface area contributed by atoms with Crippen LogP contribution in [0, 0.1) is 5.41 Å². The number of nitrogens with zero attached hydrogens (tertiary/aromatic N) is 3. The number of aromatic amines is 1. The third kappa shape index (κ3) is 4.98. The normalized spacial score (nSPS) is 16.3. The van der Waals surface area contributed by atoms with Gasteiger partial charge in [-0.15, -0.1) is 11.8 Å². The minimum atomic E-state index is -0.483. The van der Waals surface area contributed by atoms with Gasteiger partial charge in [-0.05, 0) is 23.8 Å². The average molecular weight is 437 g/mol. The lowest BCUT2D eigenvalue weighted by atomic mass is 9.87. The fourth-order valence-corrected chi connectivity index (χ4v) is 4.49. The first-order valence-corrected chi connectivity index (χ1v) is 11.3. The molecule has 8 heteroatoms. The molecule has 1 fully saturated rings. The Morgan fingerprint density at radius 1 is 1.32 bits per heavy atom. The van der Waals surface area contributed by atoms with Crippen molar-refractivity contribution in [1.82, 2.24) is 19.9 Å². The SMILES string of the molecule is CC(C)(C)C(=O)c1c[nH]c2ncc(Nc3ccc(C=C4CN(CCN)CS4)cc3)nc12. The molecule has 1 aliphatic rings. The van der Waals surface area contributed by atoms with E-state index in [0.717, 1.165) is 30.2 Å². The third-order valence-electron chi connectivity index (χ3n) is 5.07. The average Bonchev–Trinajstić information content (AvgIpc) is 3.35. The molecular weight excluding hydrogens is 408 g/mol. The number of carbonyl (C=O) groups is 1. The summed E-state index contributed by atoms with van der Waals surface area (Å²) in [5, 5.41) is 3.29. The number of nitrogens with two attached hydrogens (primary N) is 1. The van der Waals surface area contributed by atoms with Crippen molar-refractivity contribution in [1.29, 1.82) is 0 Å². The predicted octanol–water partition coefficient (Wildman–Crippen LogP) is 4.24. The van der Waals surface area contributed by atoms with E-state index in [0.29, 0.717) is 29.1 Å². The maximum atomic E-state index is 12.7. The van der Waals surface area contributed by atoms with Crippen molar-refractivity contribution in [2.75, 3.05) is 30.8 Å². The van der Waals surface area contributed by atoms with E-state index in [4.69, 9.17) is 5.73 Å². The number of thioether (sulfide) groups is 1. The summed E-state index contributed by atoms with van der Waals surface area (Å²) in [7, 11) is 0. The highest BCUT2D eigenvalue weighted by molar-refractivity contribution is 8.03. The Morgan fingerprint density at radius 3 is 2.81 bits per heavy atom. The van der Waals surface area contributed by atoms with Gasteiger partial charge in [-0.2, -0.15) is 0 Å². The van der Waals surface area contributed by atoms with Crippen LogP contribution < -0.4 is 11.1 Å². The standard InChI is InChI=1S/C23H28N6OS/c1-23(2,3)21(30)18-11-25-22-20(18)28-19(12-26-22)27-16-6-4-15(5-7-16)10-17-13-29(9-8-24)14-31-17/h4-7,10-12H,8-9,13-14,24H2,1-3H3,(H,25,26)(H,27,28). The number of nitrogens with one attached hydrogen (secondary N) is 2. The van der Waals surface area contributed by atoms with Gasteiger partial charge in [0.15, 0.2) is 11.4 Å². The van der Waals surface area contributed by atoms with Crippen molar-refractivity contribution in [3.63, 3.8) is 0 Å². The van der Waals surface area contributed by atoms with Gasteiger partial charge in [0.05, 0.1) is 11.8 Å². The molecule has 3 heterocycles. The number of Topliss-reactive ketones (excluding diaryl/α,β-unsaturated/α-hetero) is 1. The molecule has 0 spiro atoms. The van der Waals surface area contributed by atoms with Crippen molar-refractivity contribution in [3.8, 4) is 0 Å². The van der Waals surface area contributed by atoms with E-state index in [-0.39, 0.29) is 5.78 Å². The number of ketones is 1. The van der Waals surface area contributed by atoms with Crippen molar-refractivity contribution < 1.29 is 4.79 Å². The molecule has 0 amide bonds. The molecule has 1 aliphatic heterocycles. The van der Waals surface area contributed by atoms with Crippen LogP contribution in [0.4, 0.5) is 11.5 Å². The maximum absolute atomic E-state index is 12.7. The van der Waals surface area contributed by atoms with Gasteiger partial charge < -0.3 is 16.0 Å². The fraction of sp³-hybridized carbons (Fsp3) is 0.348. The van der Waals surface area contributed by atoms with Gasteiger partial charge >= 0.3 is 0 Å². The summed E-state index contributed by atoms with van der Waals surface area (Å²) in [6.07, 6.45) is 5.59. The van der Waals surface area contributed by atoms with Gasteiger partial charge in [-0.25, -0.2) is 9.97 Å². The van der Waals surface area contributed by atoms with Crippen LogP contribution in [0.25, 0.3) is 17.2 Å². The van der Waals surface area contributed by atoms with E-state index in [2.05, 4.69) is 43.4 Å². The number of aromatic nitrogens is 3. The van der Waals surface area contributed by atoms with Crippen LogP contribution in [0.5, 0.6) is 0 Å². The molecule has 7 nitrogen and oxygen atoms in total. The van der Waals surface area contributed by atoms with E-state index in [9.17, 15) is 4.79 Å². The van der Waals surface area contributed by atoms with E-state index in [1.165, 1.54) is 4.91 Å². The second-order valence-corrected chi connectivity index (χ2v) is 9.78. The van der Waals surface area contributed by atoms with Crippen molar-refractivity contribution in [2.24, 2.45) is 11.1 Å². The summed E-state index contributed by atoms with van der Waals surface area (Å²) in [5.41, 5.74) is 9.01. The van der Waals surface area contributed by atoms with Crippen LogP contribution in [0.15, 0.2) is 41.6 Å². The molecule has 4 N–H and O–H groups in total. The molecular formula is C23H28N6OS. The molecule has 0 atom stereocenters. The first-order chi connectivity index (χ1) is 14.8. The molecule has 1 saturated heterocycles. The zero-order chi connectivity index (χ0) is 22.0. The quantitative estimate of drug-likeness (QED) is 0.497. The van der Waals surface area contributed by atoms with Gasteiger partial charge in [-0.3, -0.25) is 9.69 Å². The number of carbonyl (C=O) groups excluding carboxylic acids is 1. The summed E-state index contributed by atoms with van der Waals surface area (Å²) in [5.74, 6) is 1.64. The van der Waals surface area contributed by atoms with E-state index in [1.807, 2.05) is 44.7 Å². The second-order valence-electron chi connectivity index (χ2n) is 8.71. The molecule has 1 aromatic carbocycles. The summed E-state index contributed by atoms with van der Waals surface area (Å²) in [6.45, 7) is 8.30. The molecule has 0 bridgehead atoms. The lowest BCUT2D eigenvalue weighted by molar-refractivity contribution is 0.0860. The second kappa shape index (κ2) is 8.82. The van der Waals surface area contributed by atoms with Crippen LogP contribution in [0.3, 0.4) is 0 Å². The van der Waals surface area contributed by atoms with Gasteiger partial charge in [0.2, 0.25) is 0 Å². The smallest absolute Gasteiger partial charge is 0.171 e. The van der Waals surface area contributed by atoms with Gasteiger partial charge in [-0.1, -0.05) is 32.9 Å². The molecule has 31 heavy (non-hydrogen) atoms. The Morgan fingerprint density at radius 2 is 2.10 bits per heavy atom. The first-order valence-electron chi connectivity index (χ1n) is 10.4. The maximum Gasteiger partial charge on any atom is 0.171 e. The fourth-order valence-electron chi connectivity index (χ4n) is 3.42. The van der Waals surface area contributed by atoms with Crippen LogP contribution in [-0.2, 0) is 0 Å². The molecule has 162 valence electrons. The molecule has 0 saturated carbocycles. The highest BCUT2D eigenvalue weighted by atomic mass is 32.2. The topological polar surface area (TPSA) is 99.9 Å². The van der Waals surface area contributed by atoms with Crippen LogP contribution in [-0.4, -0.2) is 51.1 Å². The summed E-state index contributed by atoms with van der Waals surface area (Å²) < 4.78 is 0. The number of anilines is 2. The van der Waals surface area contributed by atoms with Crippen LogP contribution in [0.2, 0.25) is 0 Å². The molecule has 0 radical (unpaired) electrons. The zero-order valence-corrected chi connectivity index (χ0v) is 18.9. The Labute approximate surface area is 186 Å². The Hall–Kier alpha value is -2.68. The summed E-state index contributed by atoms with van der Waals surface area (Å²) in [4.78, 5) is 28.5. The number of H-pyrrole nitrogens is 1. The molecule has 0 unspecified atom stereocenters. The van der Waals surface area contributed by atoms with Crippen molar-refractivity contribution >= 4 is 46.3 Å². The van der Waals surface area contributed by atoms with Crippen molar-refractivity contribution in [3.05, 3.63) is 52.7 Å². The molecule has 0 aliphatic carbocycles. The monoisotopic (exact) mass is 436 g/mol. The Kier molecular flexibility index (Phi) is 6.13. The van der Waals surface area contributed by atoms with Crippen LogP contribution in [0.1, 0.15) is 36.7 Å². The number of benzene rings is 1. The number of hydrogen-bond acceptors (Lipinski definition) is 7. The highest BCUT2D eigenvalue weighted by Gasteiger charge is 2.26. The third-order valence-corrected chi connectivity index (χ3v) is 6.19. The van der Waals surface area contributed by atoms with E-state index >= 15 is 0 Å². The lowest BCUT2D eigenvalue weighted by Gasteiger charge is -2.15. The minimum absolute atomic E-state index is 0.0393. The first kappa shape index (κ1) is 21.5. The summed E-state index contributed by atoms with van der Waals surface area (Å²) >= 11 is 1.87. The predicted molar refractivity (Wildman–Crippen MR) is 128 cm³/mol. The number of hydrogen-bond donors (Lipinski definition) is 3. The highest BCUT2D eigenvalue weighted by Crippen LogP contribution is 2.29. The lowest BCUT2D eigenvalue weighted by Crippen LogP contribution is -2.26. The number of fused-ring (bicyclic) bond motifs is 1. The molecule has 2 aromatic heterocycles. The largest absolute Gasteiger partial charge is 0.344 e. The van der Waals surface area contributed by atoms with Gasteiger partial charge in [0.25, 0.3) is 0 Å². The zero-order valence-electron chi connectivity index (χ0n) is 18.1. The molecule has 3 aromatic rings. The van der Waals surface area contributed by atoms with Crippen LogP contribution >= 0.6 is 11.8 Å².